The minimum atomic E-state index is -1.03. The lowest BCUT2D eigenvalue weighted by atomic mass is 9.84. The van der Waals surface area contributed by atoms with Crippen LogP contribution in [0, 0.1) is 11.8 Å². The van der Waals surface area contributed by atoms with Gasteiger partial charge in [0.2, 0.25) is 5.91 Å². The Morgan fingerprint density at radius 1 is 1.19 bits per heavy atom. The number of rotatable bonds is 8. The molecule has 0 aromatic carbocycles. The fourth-order valence-electron chi connectivity index (χ4n) is 4.30. The van der Waals surface area contributed by atoms with Crippen LogP contribution in [0.4, 0.5) is 4.79 Å². The molecule has 2 amide bonds. The maximum atomic E-state index is 12.5. The lowest BCUT2D eigenvalue weighted by molar-refractivity contribution is -0.164. The van der Waals surface area contributed by atoms with Crippen molar-refractivity contribution in [3.63, 3.8) is 0 Å². The van der Waals surface area contributed by atoms with Gasteiger partial charge >= 0.3 is 12.1 Å². The second kappa shape index (κ2) is 9.52. The van der Waals surface area contributed by atoms with E-state index in [0.717, 1.165) is 0 Å². The van der Waals surface area contributed by atoms with Crippen molar-refractivity contribution in [2.24, 2.45) is 11.8 Å². The van der Waals surface area contributed by atoms with Gasteiger partial charge in [0.25, 0.3) is 0 Å². The molecule has 10 heteroatoms. The molecule has 0 bridgehead atoms. The molecule has 2 rings (SSSR count). The Kier molecular flexibility index (Phi) is 7.70. The van der Waals surface area contributed by atoms with Crippen molar-refractivity contribution in [1.29, 1.82) is 0 Å². The maximum absolute atomic E-state index is 12.5. The first-order valence-corrected chi connectivity index (χ1v) is 10.5. The SMILES string of the molecule is CC(=O)[C@H]1C([C@@H](CC(=O)NCCC(=O)O)NC(=O)OC(C)(C)C)C[C@@H]2OC(C)(C)O[C@@H]21. The van der Waals surface area contributed by atoms with E-state index in [9.17, 15) is 19.2 Å². The molecule has 10 nitrogen and oxygen atoms in total. The quantitative estimate of drug-likeness (QED) is 0.515. The number of carboxylic acids is 1. The minimum Gasteiger partial charge on any atom is -0.481 e. The van der Waals surface area contributed by atoms with Crippen molar-refractivity contribution >= 4 is 23.8 Å². The number of carboxylic acid groups (broad SMARTS) is 1. The second-order valence-corrected chi connectivity index (χ2v) is 9.63. The van der Waals surface area contributed by atoms with Gasteiger partial charge in [0.05, 0.1) is 24.5 Å². The molecular weight excluding hydrogens is 408 g/mol. The summed E-state index contributed by atoms with van der Waals surface area (Å²) in [5.41, 5.74) is -0.735. The fourth-order valence-corrected chi connectivity index (χ4v) is 4.30. The van der Waals surface area contributed by atoms with Gasteiger partial charge in [-0.3, -0.25) is 14.4 Å². The summed E-state index contributed by atoms with van der Waals surface area (Å²) in [5, 5.41) is 14.0. The molecule has 0 aromatic rings. The summed E-state index contributed by atoms with van der Waals surface area (Å²) in [4.78, 5) is 48.1. The largest absolute Gasteiger partial charge is 0.481 e. The first-order chi connectivity index (χ1) is 14.2. The highest BCUT2D eigenvalue weighted by Gasteiger charge is 2.56. The number of Topliss-reactive ketones (excluding diaryl/α,β-unsaturated/α-hetero) is 1. The molecule has 1 heterocycles. The van der Waals surface area contributed by atoms with Gasteiger partial charge in [-0.25, -0.2) is 4.79 Å². The third kappa shape index (κ3) is 7.17. The summed E-state index contributed by atoms with van der Waals surface area (Å²) in [6, 6.07) is -0.713. The molecule has 1 aliphatic heterocycles. The molecule has 0 aromatic heterocycles. The van der Waals surface area contributed by atoms with Crippen LogP contribution in [-0.4, -0.2) is 65.0 Å². The molecule has 1 aliphatic carbocycles. The van der Waals surface area contributed by atoms with Gasteiger partial charge in [-0.05, 0) is 53.9 Å². The Morgan fingerprint density at radius 2 is 1.84 bits per heavy atom. The smallest absolute Gasteiger partial charge is 0.407 e. The summed E-state index contributed by atoms with van der Waals surface area (Å²) >= 11 is 0. The lowest BCUT2D eigenvalue weighted by Crippen LogP contribution is -2.48. The monoisotopic (exact) mass is 442 g/mol. The van der Waals surface area contributed by atoms with Crippen LogP contribution < -0.4 is 10.6 Å². The molecule has 1 unspecified atom stereocenters. The highest BCUT2D eigenvalue weighted by atomic mass is 16.8. The minimum absolute atomic E-state index is 0.0280. The summed E-state index contributed by atoms with van der Waals surface area (Å²) < 4.78 is 17.2. The molecule has 176 valence electrons. The number of ether oxygens (including phenoxy) is 3. The van der Waals surface area contributed by atoms with Gasteiger partial charge in [-0.2, -0.15) is 0 Å². The zero-order chi connectivity index (χ0) is 23.6. The predicted molar refractivity (Wildman–Crippen MR) is 109 cm³/mol. The van der Waals surface area contributed by atoms with E-state index in [1.807, 2.05) is 0 Å². The van der Waals surface area contributed by atoms with Crippen molar-refractivity contribution < 1.29 is 38.5 Å². The number of ketones is 1. The molecular formula is C21H34N2O8. The highest BCUT2D eigenvalue weighted by Crippen LogP contribution is 2.46. The number of carbonyl (C=O) groups is 4. The number of alkyl carbamates (subject to hydrolysis) is 1. The standard InChI is InChI=1S/C21H34N2O8/c1-11(24)17-12(9-14-18(17)30-21(5,6)29-14)13(23-19(28)31-20(2,3)4)10-15(25)22-8-7-16(26)27/h12-14,17-18H,7-10H2,1-6H3,(H,22,25)(H,23,28)(H,26,27)/t12?,13-,14+,17+,18+/m1/s1. The van der Waals surface area contributed by atoms with Gasteiger partial charge in [0.1, 0.15) is 11.4 Å². The van der Waals surface area contributed by atoms with Crippen molar-refractivity contribution in [2.45, 2.75) is 90.4 Å². The van der Waals surface area contributed by atoms with E-state index < -0.39 is 53.3 Å². The average Bonchev–Trinajstić information content (AvgIpc) is 3.03. The van der Waals surface area contributed by atoms with Crippen LogP contribution in [0.3, 0.4) is 0 Å². The van der Waals surface area contributed by atoms with E-state index >= 15 is 0 Å². The van der Waals surface area contributed by atoms with Crippen molar-refractivity contribution in [3.8, 4) is 0 Å². The maximum Gasteiger partial charge on any atom is 0.407 e. The van der Waals surface area contributed by atoms with Crippen molar-refractivity contribution in [3.05, 3.63) is 0 Å². The third-order valence-corrected chi connectivity index (χ3v) is 5.30. The number of fused-ring (bicyclic) bond motifs is 1. The van der Waals surface area contributed by atoms with Crippen LogP contribution in [0.25, 0.3) is 0 Å². The topological polar surface area (TPSA) is 140 Å². The van der Waals surface area contributed by atoms with Gasteiger partial charge < -0.3 is 30.0 Å². The summed E-state index contributed by atoms with van der Waals surface area (Å²) in [5.74, 6) is -3.33. The molecule has 2 aliphatic rings. The number of amides is 2. The molecule has 0 spiro atoms. The van der Waals surface area contributed by atoms with Gasteiger partial charge in [0, 0.05) is 19.0 Å². The Morgan fingerprint density at radius 3 is 2.39 bits per heavy atom. The van der Waals surface area contributed by atoms with Crippen LogP contribution >= 0.6 is 0 Å². The summed E-state index contributed by atoms with van der Waals surface area (Å²) in [6.45, 7) is 10.2. The predicted octanol–water partition coefficient (Wildman–Crippen LogP) is 1.61. The number of carbonyl (C=O) groups excluding carboxylic acids is 3. The van der Waals surface area contributed by atoms with Gasteiger partial charge in [0.15, 0.2) is 5.79 Å². The summed E-state index contributed by atoms with van der Waals surface area (Å²) in [7, 11) is 0. The van der Waals surface area contributed by atoms with E-state index in [2.05, 4.69) is 10.6 Å². The van der Waals surface area contributed by atoms with E-state index in [0.29, 0.717) is 6.42 Å². The third-order valence-electron chi connectivity index (χ3n) is 5.30. The van der Waals surface area contributed by atoms with Crippen LogP contribution in [0.15, 0.2) is 0 Å². The van der Waals surface area contributed by atoms with Crippen LogP contribution in [-0.2, 0) is 28.6 Å². The average molecular weight is 443 g/mol. The van der Waals surface area contributed by atoms with Gasteiger partial charge in [-0.1, -0.05) is 0 Å². The molecule has 0 radical (unpaired) electrons. The van der Waals surface area contributed by atoms with Crippen LogP contribution in [0.1, 0.15) is 60.8 Å². The molecule has 1 saturated carbocycles. The Labute approximate surface area is 182 Å². The van der Waals surface area contributed by atoms with E-state index in [4.69, 9.17) is 19.3 Å². The Bertz CT molecular complexity index is 715. The first-order valence-electron chi connectivity index (χ1n) is 10.5. The van der Waals surface area contributed by atoms with Crippen LogP contribution in [0.2, 0.25) is 0 Å². The number of nitrogens with one attached hydrogen (secondary N) is 2. The number of hydrogen-bond donors (Lipinski definition) is 3. The van der Waals surface area contributed by atoms with Crippen molar-refractivity contribution in [1.82, 2.24) is 10.6 Å². The van der Waals surface area contributed by atoms with Crippen molar-refractivity contribution in [2.75, 3.05) is 6.54 Å². The van der Waals surface area contributed by atoms with E-state index in [-0.39, 0.29) is 31.3 Å². The molecule has 1 saturated heterocycles. The number of hydrogen-bond acceptors (Lipinski definition) is 7. The molecule has 3 N–H and O–H groups in total. The molecule has 5 atom stereocenters. The summed E-state index contributed by atoms with van der Waals surface area (Å²) in [6.07, 6.45) is -1.40. The lowest BCUT2D eigenvalue weighted by Gasteiger charge is -2.32. The Hall–Kier alpha value is -2.20. The van der Waals surface area contributed by atoms with E-state index in [1.54, 1.807) is 34.6 Å². The first kappa shape index (κ1) is 25.1. The van der Waals surface area contributed by atoms with Gasteiger partial charge in [-0.15, -0.1) is 0 Å². The zero-order valence-electron chi connectivity index (χ0n) is 19.0. The van der Waals surface area contributed by atoms with Crippen LogP contribution in [0.5, 0.6) is 0 Å². The molecule has 31 heavy (non-hydrogen) atoms. The molecule has 2 fully saturated rings. The normalized spacial score (nSPS) is 27.8. The Balaban J connectivity index is 2.18. The zero-order valence-corrected chi connectivity index (χ0v) is 19.0. The fraction of sp³-hybridized carbons (Fsp3) is 0.810. The second-order valence-electron chi connectivity index (χ2n) is 9.63. The highest BCUT2D eigenvalue weighted by molar-refractivity contribution is 5.81. The van der Waals surface area contributed by atoms with E-state index in [1.165, 1.54) is 6.92 Å². The number of aliphatic carboxylic acids is 1.